The summed E-state index contributed by atoms with van der Waals surface area (Å²) in [4.78, 5) is 4.04. The normalized spacial score (nSPS) is 12.1. The minimum atomic E-state index is 0.0137. The van der Waals surface area contributed by atoms with Gasteiger partial charge in [0.1, 0.15) is 18.7 Å². The van der Waals surface area contributed by atoms with Crippen LogP contribution in [0.25, 0.3) is 0 Å². The van der Waals surface area contributed by atoms with Gasteiger partial charge in [-0.15, -0.1) is 0 Å². The van der Waals surface area contributed by atoms with Crippen LogP contribution in [0.4, 0.5) is 0 Å². The smallest absolute Gasteiger partial charge is 0.137 e. The summed E-state index contributed by atoms with van der Waals surface area (Å²) >= 11 is 0. The second kappa shape index (κ2) is 4.32. The largest absolute Gasteiger partial charge is 0.239 e. The van der Waals surface area contributed by atoms with Crippen molar-refractivity contribution in [1.82, 2.24) is 14.8 Å². The molecular weight excluding hydrogens is 210 g/mol. The van der Waals surface area contributed by atoms with E-state index in [-0.39, 0.29) is 5.41 Å². The van der Waals surface area contributed by atoms with Crippen molar-refractivity contribution >= 4 is 0 Å². The summed E-state index contributed by atoms with van der Waals surface area (Å²) in [6.07, 6.45) is 3.33. The topological polar surface area (TPSA) is 30.7 Å². The minimum absolute atomic E-state index is 0.0137. The molecule has 0 N–H and O–H groups in total. The van der Waals surface area contributed by atoms with Gasteiger partial charge in [-0.25, -0.2) is 9.67 Å². The summed E-state index contributed by atoms with van der Waals surface area (Å²) in [6.45, 7) is 8.70. The first-order valence-corrected chi connectivity index (χ1v) is 5.78. The van der Waals surface area contributed by atoms with Crippen LogP contribution in [0, 0.1) is 18.4 Å². The Hall–Kier alpha value is -1.64. The Balaban J connectivity index is 2.53. The van der Waals surface area contributed by atoms with E-state index in [0.29, 0.717) is 0 Å². The zero-order chi connectivity index (χ0) is 12.5. The van der Waals surface area contributed by atoms with Crippen LogP contribution in [-0.2, 0) is 0 Å². The molecule has 0 aliphatic heterocycles. The van der Waals surface area contributed by atoms with Crippen molar-refractivity contribution in [3.05, 3.63) is 54.1 Å². The molecule has 3 heteroatoms. The summed E-state index contributed by atoms with van der Waals surface area (Å²) in [6, 6.07) is 9.55. The van der Waals surface area contributed by atoms with Gasteiger partial charge in [-0.3, -0.25) is 0 Å². The Morgan fingerprint density at radius 3 is 2.41 bits per heavy atom. The van der Waals surface area contributed by atoms with Gasteiger partial charge in [0.25, 0.3) is 0 Å². The van der Waals surface area contributed by atoms with Gasteiger partial charge >= 0.3 is 0 Å². The molecule has 0 bridgehead atoms. The second-order valence-corrected chi connectivity index (χ2v) is 5.25. The van der Waals surface area contributed by atoms with Gasteiger partial charge < -0.3 is 0 Å². The standard InChI is InChI=1S/C14H18N3/c1-11-7-5-6-8-12(11)13(14(2,3)4)17-10-15-9-16-17/h5-10H,1-4H3. The van der Waals surface area contributed by atoms with E-state index < -0.39 is 0 Å². The fourth-order valence-corrected chi connectivity index (χ4v) is 2.03. The molecular formula is C14H18N3. The van der Waals surface area contributed by atoms with Crippen molar-refractivity contribution in [2.24, 2.45) is 5.41 Å². The van der Waals surface area contributed by atoms with E-state index in [0.717, 1.165) is 0 Å². The van der Waals surface area contributed by atoms with Crippen LogP contribution in [0.5, 0.6) is 0 Å². The molecule has 1 aromatic carbocycles. The number of benzene rings is 1. The van der Waals surface area contributed by atoms with Crippen LogP contribution in [0.3, 0.4) is 0 Å². The lowest BCUT2D eigenvalue weighted by Gasteiger charge is -2.30. The molecule has 2 aromatic rings. The number of aromatic nitrogens is 3. The Bertz CT molecular complexity index is 480. The summed E-state index contributed by atoms with van der Waals surface area (Å²) in [5.41, 5.74) is 2.50. The molecule has 3 nitrogen and oxygen atoms in total. The molecule has 0 fully saturated rings. The van der Waals surface area contributed by atoms with E-state index >= 15 is 0 Å². The van der Waals surface area contributed by atoms with Gasteiger partial charge in [0, 0.05) is 0 Å². The van der Waals surface area contributed by atoms with Gasteiger partial charge in [-0.2, -0.15) is 5.10 Å². The van der Waals surface area contributed by atoms with Gasteiger partial charge in [0.05, 0.1) is 0 Å². The summed E-state index contributed by atoms with van der Waals surface area (Å²) in [5.74, 6) is 0. The van der Waals surface area contributed by atoms with E-state index in [4.69, 9.17) is 0 Å². The van der Waals surface area contributed by atoms with Gasteiger partial charge in [-0.1, -0.05) is 45.0 Å². The highest BCUT2D eigenvalue weighted by Crippen LogP contribution is 2.35. The Kier molecular flexibility index (Phi) is 3.01. The van der Waals surface area contributed by atoms with E-state index in [2.05, 4.69) is 62.0 Å². The lowest BCUT2D eigenvalue weighted by Crippen LogP contribution is -2.27. The van der Waals surface area contributed by atoms with Crippen LogP contribution in [-0.4, -0.2) is 14.8 Å². The van der Waals surface area contributed by atoms with Crippen molar-refractivity contribution in [2.75, 3.05) is 0 Å². The minimum Gasteiger partial charge on any atom is -0.239 e. The molecule has 0 atom stereocenters. The highest BCUT2D eigenvalue weighted by atomic mass is 15.3. The molecule has 0 amide bonds. The maximum absolute atomic E-state index is 4.27. The lowest BCUT2D eigenvalue weighted by molar-refractivity contribution is 0.391. The number of hydrogen-bond donors (Lipinski definition) is 0. The lowest BCUT2D eigenvalue weighted by atomic mass is 9.81. The molecule has 1 heterocycles. The quantitative estimate of drug-likeness (QED) is 0.791. The van der Waals surface area contributed by atoms with Crippen LogP contribution in [0.1, 0.15) is 31.9 Å². The first-order valence-electron chi connectivity index (χ1n) is 5.78. The zero-order valence-corrected chi connectivity index (χ0v) is 10.8. The predicted octanol–water partition coefficient (Wildman–Crippen LogP) is 3.06. The second-order valence-electron chi connectivity index (χ2n) is 5.25. The number of hydrogen-bond acceptors (Lipinski definition) is 2. The van der Waals surface area contributed by atoms with Crippen molar-refractivity contribution in [3.63, 3.8) is 0 Å². The zero-order valence-electron chi connectivity index (χ0n) is 10.8. The van der Waals surface area contributed by atoms with E-state index in [1.807, 2.05) is 4.68 Å². The molecule has 0 aliphatic rings. The fourth-order valence-electron chi connectivity index (χ4n) is 2.03. The van der Waals surface area contributed by atoms with E-state index in [9.17, 15) is 0 Å². The molecule has 89 valence electrons. The highest BCUT2D eigenvalue weighted by molar-refractivity contribution is 5.39. The number of rotatable bonds is 2. The summed E-state index contributed by atoms with van der Waals surface area (Å²) < 4.78 is 1.86. The van der Waals surface area contributed by atoms with E-state index in [1.165, 1.54) is 17.2 Å². The molecule has 0 saturated heterocycles. The maximum atomic E-state index is 4.27. The Labute approximate surface area is 103 Å². The van der Waals surface area contributed by atoms with Crippen molar-refractivity contribution < 1.29 is 0 Å². The number of aryl methyl sites for hydroxylation is 1. The van der Waals surface area contributed by atoms with Gasteiger partial charge in [0.15, 0.2) is 0 Å². The SMILES string of the molecule is Cc1ccccc1[C](n1cncn1)C(C)(C)C. The molecule has 0 aliphatic carbocycles. The average molecular weight is 228 g/mol. The van der Waals surface area contributed by atoms with Gasteiger partial charge in [-0.05, 0) is 23.5 Å². The van der Waals surface area contributed by atoms with E-state index in [1.54, 1.807) is 12.7 Å². The Morgan fingerprint density at radius 1 is 1.18 bits per heavy atom. The predicted molar refractivity (Wildman–Crippen MR) is 68.4 cm³/mol. The van der Waals surface area contributed by atoms with Crippen molar-refractivity contribution in [2.45, 2.75) is 27.7 Å². The highest BCUT2D eigenvalue weighted by Gasteiger charge is 2.30. The van der Waals surface area contributed by atoms with Crippen LogP contribution >= 0.6 is 0 Å². The third-order valence-corrected chi connectivity index (χ3v) is 2.76. The third kappa shape index (κ3) is 2.38. The summed E-state index contributed by atoms with van der Waals surface area (Å²) in [7, 11) is 0. The summed E-state index contributed by atoms with van der Waals surface area (Å²) in [5, 5.41) is 4.27. The van der Waals surface area contributed by atoms with Gasteiger partial charge in [0.2, 0.25) is 0 Å². The van der Waals surface area contributed by atoms with Crippen LogP contribution in [0.2, 0.25) is 0 Å². The fraction of sp³-hybridized carbons (Fsp3) is 0.357. The maximum Gasteiger partial charge on any atom is 0.137 e. The molecule has 1 radical (unpaired) electrons. The monoisotopic (exact) mass is 228 g/mol. The molecule has 0 unspecified atom stereocenters. The third-order valence-electron chi connectivity index (χ3n) is 2.76. The van der Waals surface area contributed by atoms with Crippen LogP contribution in [0.15, 0.2) is 36.9 Å². The molecule has 1 aromatic heterocycles. The van der Waals surface area contributed by atoms with Crippen molar-refractivity contribution in [3.8, 4) is 0 Å². The molecule has 2 rings (SSSR count). The van der Waals surface area contributed by atoms with Crippen LogP contribution < -0.4 is 0 Å². The first kappa shape index (κ1) is 11.8. The van der Waals surface area contributed by atoms with Crippen molar-refractivity contribution in [1.29, 1.82) is 0 Å². The Morgan fingerprint density at radius 2 is 1.88 bits per heavy atom. The number of nitrogens with zero attached hydrogens (tertiary/aromatic N) is 3. The molecule has 0 spiro atoms. The average Bonchev–Trinajstić information content (AvgIpc) is 2.72. The molecule has 17 heavy (non-hydrogen) atoms. The molecule has 0 saturated carbocycles. The first-order chi connectivity index (χ1) is 8.00.